The quantitative estimate of drug-likeness (QED) is 0.606. The fourth-order valence-electron chi connectivity index (χ4n) is 3.46. The Kier molecular flexibility index (Phi) is 3.12. The molecule has 1 aliphatic rings. The minimum Gasteiger partial charge on any atom is -0.299 e. The second-order valence-electron chi connectivity index (χ2n) is 6.41. The molecule has 0 spiro atoms. The van der Waals surface area contributed by atoms with Gasteiger partial charge in [0.15, 0.2) is 0 Å². The summed E-state index contributed by atoms with van der Waals surface area (Å²) in [6.45, 7) is 2.40. The van der Waals surface area contributed by atoms with Gasteiger partial charge in [-0.15, -0.1) is 0 Å². The van der Waals surface area contributed by atoms with E-state index in [1.54, 1.807) is 17.3 Å². The Balaban J connectivity index is 1.60. The zero-order chi connectivity index (χ0) is 17.7. The van der Waals surface area contributed by atoms with Crippen molar-refractivity contribution in [1.29, 1.82) is 0 Å². The van der Waals surface area contributed by atoms with E-state index in [4.69, 9.17) is 4.98 Å². The number of hydrogen-bond acceptors (Lipinski definition) is 4. The fourth-order valence-corrected chi connectivity index (χ4v) is 3.46. The molecule has 1 aromatic carbocycles. The van der Waals surface area contributed by atoms with Gasteiger partial charge in [0.05, 0.1) is 40.9 Å². The number of aromatic nitrogens is 4. The van der Waals surface area contributed by atoms with Crippen LogP contribution < -0.4 is 4.90 Å². The van der Waals surface area contributed by atoms with Crippen LogP contribution in [0, 0.1) is 6.92 Å². The number of benzene rings is 1. The van der Waals surface area contributed by atoms with Crippen LogP contribution in [0.25, 0.3) is 22.2 Å². The van der Waals surface area contributed by atoms with Crippen molar-refractivity contribution in [3.63, 3.8) is 0 Å². The van der Waals surface area contributed by atoms with E-state index in [1.807, 2.05) is 43.5 Å². The molecule has 0 aliphatic carbocycles. The first-order valence-corrected chi connectivity index (χ1v) is 8.37. The van der Waals surface area contributed by atoms with Crippen molar-refractivity contribution in [2.75, 3.05) is 4.90 Å². The number of H-pyrrole nitrogens is 1. The van der Waals surface area contributed by atoms with Crippen LogP contribution in [-0.4, -0.2) is 26.1 Å². The molecule has 0 saturated heterocycles. The molecule has 1 aliphatic heterocycles. The summed E-state index contributed by atoms with van der Waals surface area (Å²) in [6, 6.07) is 12.0. The number of nitrogens with one attached hydrogen (secondary N) is 1. The topological polar surface area (TPSA) is 74.8 Å². The first-order chi connectivity index (χ1) is 12.7. The fraction of sp³-hybridized carbons (Fsp3) is 0.100. The van der Waals surface area contributed by atoms with Gasteiger partial charge in [0.2, 0.25) is 0 Å². The van der Waals surface area contributed by atoms with Gasteiger partial charge in [0, 0.05) is 23.3 Å². The summed E-state index contributed by atoms with van der Waals surface area (Å²) in [6.07, 6.45) is 5.20. The molecule has 1 amide bonds. The average molecular weight is 341 g/mol. The number of hydrogen-bond donors (Lipinski definition) is 1. The summed E-state index contributed by atoms with van der Waals surface area (Å²) < 4.78 is 0. The molecule has 26 heavy (non-hydrogen) atoms. The van der Waals surface area contributed by atoms with Gasteiger partial charge in [-0.25, -0.2) is 0 Å². The van der Waals surface area contributed by atoms with Gasteiger partial charge in [-0.2, -0.15) is 5.10 Å². The molecule has 5 rings (SSSR count). The van der Waals surface area contributed by atoms with Crippen molar-refractivity contribution in [2.24, 2.45) is 0 Å². The Morgan fingerprint density at radius 2 is 2.04 bits per heavy atom. The maximum atomic E-state index is 12.8. The first-order valence-electron chi connectivity index (χ1n) is 8.37. The number of amides is 1. The van der Waals surface area contributed by atoms with Crippen molar-refractivity contribution in [3.05, 3.63) is 71.8 Å². The Morgan fingerprint density at radius 3 is 2.88 bits per heavy atom. The van der Waals surface area contributed by atoms with E-state index in [2.05, 4.69) is 21.2 Å². The number of carbonyl (C=O) groups is 1. The maximum Gasteiger partial charge on any atom is 0.260 e. The lowest BCUT2D eigenvalue weighted by molar-refractivity contribution is 0.0996. The number of fused-ring (bicyclic) bond motifs is 2. The summed E-state index contributed by atoms with van der Waals surface area (Å²) in [5, 5.41) is 7.75. The van der Waals surface area contributed by atoms with Gasteiger partial charge < -0.3 is 0 Å². The van der Waals surface area contributed by atoms with Crippen LogP contribution in [0.3, 0.4) is 0 Å². The van der Waals surface area contributed by atoms with E-state index in [0.717, 1.165) is 39.1 Å². The predicted molar refractivity (Wildman–Crippen MR) is 98.8 cm³/mol. The van der Waals surface area contributed by atoms with Crippen LogP contribution in [0.2, 0.25) is 0 Å². The van der Waals surface area contributed by atoms with E-state index < -0.39 is 0 Å². The van der Waals surface area contributed by atoms with Gasteiger partial charge in [-0.1, -0.05) is 18.2 Å². The number of carbonyl (C=O) groups excluding carboxylic acids is 1. The normalized spacial score (nSPS) is 13.4. The number of para-hydroxylation sites is 1. The third-order valence-corrected chi connectivity index (χ3v) is 4.74. The smallest absolute Gasteiger partial charge is 0.260 e. The van der Waals surface area contributed by atoms with Crippen molar-refractivity contribution in [3.8, 4) is 11.3 Å². The van der Waals surface area contributed by atoms with Crippen LogP contribution in [0.1, 0.15) is 21.6 Å². The largest absolute Gasteiger partial charge is 0.299 e. The lowest BCUT2D eigenvalue weighted by atomic mass is 10.0. The zero-order valence-corrected chi connectivity index (χ0v) is 14.1. The molecule has 6 nitrogen and oxygen atoms in total. The SMILES string of the molecule is Cc1cc(-c2cnc3ccccc3c2)nc2c1C(=O)N(c1cn[nH]c1)C2. The predicted octanol–water partition coefficient (Wildman–Crippen LogP) is 3.49. The Morgan fingerprint density at radius 1 is 1.15 bits per heavy atom. The Hall–Kier alpha value is -3.54. The minimum absolute atomic E-state index is 0.0328. The molecule has 0 atom stereocenters. The highest BCUT2D eigenvalue weighted by Gasteiger charge is 2.32. The van der Waals surface area contributed by atoms with Crippen molar-refractivity contribution in [1.82, 2.24) is 20.2 Å². The van der Waals surface area contributed by atoms with Gasteiger partial charge >= 0.3 is 0 Å². The summed E-state index contributed by atoms with van der Waals surface area (Å²) >= 11 is 0. The summed E-state index contributed by atoms with van der Waals surface area (Å²) in [7, 11) is 0. The number of pyridine rings is 2. The van der Waals surface area contributed by atoms with E-state index in [1.165, 1.54) is 0 Å². The lowest BCUT2D eigenvalue weighted by Gasteiger charge is -2.11. The van der Waals surface area contributed by atoms with E-state index >= 15 is 0 Å². The molecule has 3 aromatic heterocycles. The highest BCUT2D eigenvalue weighted by Crippen LogP contribution is 2.31. The molecule has 6 heteroatoms. The van der Waals surface area contributed by atoms with E-state index in [0.29, 0.717) is 12.1 Å². The van der Waals surface area contributed by atoms with Crippen LogP contribution in [0.5, 0.6) is 0 Å². The molecule has 4 heterocycles. The minimum atomic E-state index is -0.0328. The van der Waals surface area contributed by atoms with Gasteiger partial charge in [-0.05, 0) is 30.7 Å². The van der Waals surface area contributed by atoms with Crippen LogP contribution in [0.15, 0.2) is 55.0 Å². The standard InChI is InChI=1S/C20H15N5O/c1-12-6-17(14-7-13-4-2-3-5-16(13)21-8-14)24-18-11-25(20(26)19(12)18)15-9-22-23-10-15/h2-10H,11H2,1H3,(H,22,23). The third-order valence-electron chi connectivity index (χ3n) is 4.74. The van der Waals surface area contributed by atoms with Crippen molar-refractivity contribution in [2.45, 2.75) is 13.5 Å². The van der Waals surface area contributed by atoms with Crippen molar-refractivity contribution < 1.29 is 4.79 Å². The maximum absolute atomic E-state index is 12.8. The molecular formula is C20H15N5O. The molecule has 0 bridgehead atoms. The monoisotopic (exact) mass is 341 g/mol. The van der Waals surface area contributed by atoms with Gasteiger partial charge in [-0.3, -0.25) is 24.8 Å². The van der Waals surface area contributed by atoms with Crippen LogP contribution >= 0.6 is 0 Å². The molecule has 0 radical (unpaired) electrons. The molecule has 0 fully saturated rings. The molecular weight excluding hydrogens is 326 g/mol. The third kappa shape index (κ3) is 2.19. The highest BCUT2D eigenvalue weighted by molar-refractivity contribution is 6.10. The number of nitrogens with zero attached hydrogens (tertiary/aromatic N) is 4. The number of rotatable bonds is 2. The zero-order valence-electron chi connectivity index (χ0n) is 14.1. The molecule has 0 unspecified atom stereocenters. The number of anilines is 1. The molecule has 4 aromatic rings. The van der Waals surface area contributed by atoms with Gasteiger partial charge in [0.1, 0.15) is 0 Å². The second kappa shape index (κ2) is 5.49. The summed E-state index contributed by atoms with van der Waals surface area (Å²) in [5.74, 6) is -0.0328. The highest BCUT2D eigenvalue weighted by atomic mass is 16.2. The van der Waals surface area contributed by atoms with Crippen LogP contribution in [0.4, 0.5) is 5.69 Å². The second-order valence-corrected chi connectivity index (χ2v) is 6.41. The number of aryl methyl sites for hydroxylation is 1. The van der Waals surface area contributed by atoms with Crippen LogP contribution in [-0.2, 0) is 6.54 Å². The summed E-state index contributed by atoms with van der Waals surface area (Å²) in [4.78, 5) is 23.8. The lowest BCUT2D eigenvalue weighted by Crippen LogP contribution is -2.22. The van der Waals surface area contributed by atoms with E-state index in [9.17, 15) is 4.79 Å². The Bertz CT molecular complexity index is 1150. The summed E-state index contributed by atoms with van der Waals surface area (Å²) in [5.41, 5.74) is 5.89. The molecule has 126 valence electrons. The molecule has 0 saturated carbocycles. The molecule has 1 N–H and O–H groups in total. The average Bonchev–Trinajstić information content (AvgIpc) is 3.29. The number of aromatic amines is 1. The van der Waals surface area contributed by atoms with E-state index in [-0.39, 0.29) is 5.91 Å². The van der Waals surface area contributed by atoms with Crippen molar-refractivity contribution >= 4 is 22.5 Å². The Labute approximate surface area is 149 Å². The van der Waals surface area contributed by atoms with Gasteiger partial charge in [0.25, 0.3) is 5.91 Å². The first kappa shape index (κ1) is 14.8.